The smallest absolute Gasteiger partial charge is 0.307 e. The van der Waals surface area contributed by atoms with Gasteiger partial charge in [0.1, 0.15) is 0 Å². The third kappa shape index (κ3) is 5.81. The Morgan fingerprint density at radius 2 is 2.10 bits per heavy atom. The first-order valence-electron chi connectivity index (χ1n) is 6.77. The largest absolute Gasteiger partial charge is 0.469 e. The number of ether oxygens (including phenoxy) is 1. The average Bonchev–Trinajstić information content (AvgIpc) is 2.43. The molecule has 1 aliphatic heterocycles. The summed E-state index contributed by atoms with van der Waals surface area (Å²) >= 11 is 1.36. The molecule has 2 N–H and O–H groups in total. The van der Waals surface area contributed by atoms with Crippen LogP contribution >= 0.6 is 11.8 Å². The zero-order valence-corrected chi connectivity index (χ0v) is 12.6. The van der Waals surface area contributed by atoms with Crippen LogP contribution in [0.4, 0.5) is 0 Å². The molecular formula is C13H22N2O4S. The van der Waals surface area contributed by atoms with Gasteiger partial charge < -0.3 is 15.4 Å². The van der Waals surface area contributed by atoms with Gasteiger partial charge >= 0.3 is 5.97 Å². The predicted molar refractivity (Wildman–Crippen MR) is 77.1 cm³/mol. The van der Waals surface area contributed by atoms with Gasteiger partial charge in [0.2, 0.25) is 11.8 Å². The molecule has 0 aromatic heterocycles. The van der Waals surface area contributed by atoms with E-state index in [0.29, 0.717) is 18.7 Å². The van der Waals surface area contributed by atoms with Crippen LogP contribution < -0.4 is 5.73 Å². The fraction of sp³-hybridized carbons (Fsp3) is 0.769. The Kier molecular flexibility index (Phi) is 7.43. The second kappa shape index (κ2) is 8.84. The molecule has 0 aromatic carbocycles. The number of hydrogen-bond acceptors (Lipinski definition) is 5. The molecule has 1 rings (SSSR count). The number of thioether (sulfide) groups is 1. The van der Waals surface area contributed by atoms with Crippen LogP contribution in [0.1, 0.15) is 32.1 Å². The van der Waals surface area contributed by atoms with E-state index in [9.17, 15) is 14.4 Å². The fourth-order valence-electron chi connectivity index (χ4n) is 2.29. The van der Waals surface area contributed by atoms with E-state index in [1.165, 1.54) is 18.9 Å². The first-order valence-corrected chi connectivity index (χ1v) is 7.92. The topological polar surface area (TPSA) is 89.7 Å². The van der Waals surface area contributed by atoms with Gasteiger partial charge in [0, 0.05) is 24.8 Å². The molecule has 1 aliphatic rings. The van der Waals surface area contributed by atoms with Gasteiger partial charge in [0.15, 0.2) is 0 Å². The molecule has 1 unspecified atom stereocenters. The Morgan fingerprint density at radius 1 is 1.35 bits per heavy atom. The highest BCUT2D eigenvalue weighted by Crippen LogP contribution is 2.21. The molecule has 114 valence electrons. The highest BCUT2D eigenvalue weighted by molar-refractivity contribution is 7.99. The molecule has 7 heteroatoms. The van der Waals surface area contributed by atoms with E-state index in [1.54, 1.807) is 4.90 Å². The van der Waals surface area contributed by atoms with Crippen LogP contribution in [0, 0.1) is 0 Å². The van der Waals surface area contributed by atoms with E-state index in [4.69, 9.17) is 5.73 Å². The number of esters is 1. The molecule has 1 atom stereocenters. The maximum atomic E-state index is 12.2. The minimum Gasteiger partial charge on any atom is -0.469 e. The molecule has 2 amide bonds. The van der Waals surface area contributed by atoms with Gasteiger partial charge in [-0.25, -0.2) is 0 Å². The van der Waals surface area contributed by atoms with Crippen LogP contribution in [-0.2, 0) is 19.1 Å². The fourth-order valence-corrected chi connectivity index (χ4v) is 2.96. The van der Waals surface area contributed by atoms with Crippen molar-refractivity contribution in [2.75, 3.05) is 25.2 Å². The van der Waals surface area contributed by atoms with E-state index < -0.39 is 0 Å². The summed E-state index contributed by atoms with van der Waals surface area (Å²) in [6, 6.07) is -0.0511. The second-order valence-corrected chi connectivity index (χ2v) is 5.89. The Morgan fingerprint density at radius 3 is 2.75 bits per heavy atom. The van der Waals surface area contributed by atoms with Gasteiger partial charge in [-0.05, 0) is 19.3 Å². The second-order valence-electron chi connectivity index (χ2n) is 4.79. The summed E-state index contributed by atoms with van der Waals surface area (Å²) < 4.78 is 4.67. The van der Waals surface area contributed by atoms with Crippen molar-refractivity contribution in [2.24, 2.45) is 5.73 Å². The van der Waals surface area contributed by atoms with E-state index in [0.717, 1.165) is 19.3 Å². The molecule has 0 aromatic rings. The van der Waals surface area contributed by atoms with Gasteiger partial charge in [-0.2, -0.15) is 11.8 Å². The van der Waals surface area contributed by atoms with Crippen LogP contribution in [0.25, 0.3) is 0 Å². The van der Waals surface area contributed by atoms with Crippen molar-refractivity contribution in [3.8, 4) is 0 Å². The third-order valence-corrected chi connectivity index (χ3v) is 4.26. The normalized spacial score (nSPS) is 18.6. The summed E-state index contributed by atoms with van der Waals surface area (Å²) in [7, 11) is 1.36. The SMILES string of the molecule is COC(=O)CC1CCCCN1C(=O)CCSCC(N)=O. The number of nitrogens with zero attached hydrogens (tertiary/aromatic N) is 1. The molecule has 1 saturated heterocycles. The lowest BCUT2D eigenvalue weighted by molar-refractivity contribution is -0.144. The summed E-state index contributed by atoms with van der Waals surface area (Å²) in [5, 5.41) is 0. The molecule has 1 fully saturated rings. The molecule has 0 aliphatic carbocycles. The number of carbonyl (C=O) groups excluding carboxylic acids is 3. The summed E-state index contributed by atoms with van der Waals surface area (Å²) in [5.41, 5.74) is 5.04. The summed E-state index contributed by atoms with van der Waals surface area (Å²) in [5.74, 6) is 0.194. The van der Waals surface area contributed by atoms with E-state index in [2.05, 4.69) is 4.74 Å². The molecule has 0 radical (unpaired) electrons. The van der Waals surface area contributed by atoms with Crippen LogP contribution in [0.15, 0.2) is 0 Å². The maximum Gasteiger partial charge on any atom is 0.307 e. The highest BCUT2D eigenvalue weighted by Gasteiger charge is 2.28. The number of amides is 2. The Bertz CT molecular complexity index is 362. The van der Waals surface area contributed by atoms with Crippen molar-refractivity contribution < 1.29 is 19.1 Å². The predicted octanol–water partition coefficient (Wildman–Crippen LogP) is 0.539. The molecule has 20 heavy (non-hydrogen) atoms. The van der Waals surface area contributed by atoms with Crippen LogP contribution in [-0.4, -0.2) is 53.9 Å². The third-order valence-electron chi connectivity index (χ3n) is 3.28. The lowest BCUT2D eigenvalue weighted by atomic mass is 9.99. The number of primary amides is 1. The van der Waals surface area contributed by atoms with Crippen molar-refractivity contribution >= 4 is 29.5 Å². The molecule has 0 spiro atoms. The minimum atomic E-state index is -0.371. The maximum absolute atomic E-state index is 12.2. The van der Waals surface area contributed by atoms with Gasteiger partial charge in [0.25, 0.3) is 0 Å². The molecular weight excluding hydrogens is 280 g/mol. The van der Waals surface area contributed by atoms with Crippen molar-refractivity contribution in [2.45, 2.75) is 38.1 Å². The standard InChI is InChI=1S/C13H22N2O4S/c1-19-13(18)8-10-4-2-3-6-15(10)12(17)5-7-20-9-11(14)16/h10H,2-9H2,1H3,(H2,14,16). The van der Waals surface area contributed by atoms with Crippen molar-refractivity contribution in [3.63, 3.8) is 0 Å². The van der Waals surface area contributed by atoms with Gasteiger partial charge in [-0.3, -0.25) is 14.4 Å². The van der Waals surface area contributed by atoms with Crippen LogP contribution in [0.2, 0.25) is 0 Å². The number of piperidine rings is 1. The summed E-state index contributed by atoms with van der Waals surface area (Å²) in [6.45, 7) is 0.695. The lowest BCUT2D eigenvalue weighted by Crippen LogP contribution is -2.45. The Hall–Kier alpha value is -1.24. The first-order chi connectivity index (χ1) is 9.54. The summed E-state index contributed by atoms with van der Waals surface area (Å²) in [6.07, 6.45) is 3.47. The van der Waals surface area contributed by atoms with Gasteiger partial charge in [0.05, 0.1) is 19.3 Å². The van der Waals surface area contributed by atoms with E-state index in [1.807, 2.05) is 0 Å². The van der Waals surface area contributed by atoms with Crippen LogP contribution in [0.5, 0.6) is 0 Å². The molecule has 0 saturated carbocycles. The zero-order valence-electron chi connectivity index (χ0n) is 11.8. The monoisotopic (exact) mass is 302 g/mol. The van der Waals surface area contributed by atoms with Gasteiger partial charge in [-0.1, -0.05) is 0 Å². The summed E-state index contributed by atoms with van der Waals surface area (Å²) in [4.78, 5) is 35.9. The molecule has 6 nitrogen and oxygen atoms in total. The lowest BCUT2D eigenvalue weighted by Gasteiger charge is -2.35. The Labute approximate surface area is 123 Å². The van der Waals surface area contributed by atoms with E-state index in [-0.39, 0.29) is 36.0 Å². The number of methoxy groups -OCH3 is 1. The molecule has 0 bridgehead atoms. The minimum absolute atomic E-state index is 0.0376. The highest BCUT2D eigenvalue weighted by atomic mass is 32.2. The van der Waals surface area contributed by atoms with Crippen molar-refractivity contribution in [1.82, 2.24) is 4.90 Å². The Balaban J connectivity index is 2.41. The van der Waals surface area contributed by atoms with Crippen molar-refractivity contribution in [3.05, 3.63) is 0 Å². The average molecular weight is 302 g/mol. The number of likely N-dealkylation sites (tertiary alicyclic amines) is 1. The van der Waals surface area contributed by atoms with E-state index >= 15 is 0 Å². The molecule has 1 heterocycles. The zero-order chi connectivity index (χ0) is 15.0. The van der Waals surface area contributed by atoms with Gasteiger partial charge in [-0.15, -0.1) is 0 Å². The van der Waals surface area contributed by atoms with Crippen LogP contribution in [0.3, 0.4) is 0 Å². The number of carbonyl (C=O) groups is 3. The first kappa shape index (κ1) is 16.8. The number of rotatable bonds is 7. The number of nitrogens with two attached hydrogens (primary N) is 1. The van der Waals surface area contributed by atoms with Crippen molar-refractivity contribution in [1.29, 1.82) is 0 Å². The number of hydrogen-bond donors (Lipinski definition) is 1. The quantitative estimate of drug-likeness (QED) is 0.547.